The number of hydrogen-bond donors (Lipinski definition) is 1. The number of nitrogen functional groups attached to an aromatic ring is 1. The van der Waals surface area contributed by atoms with Crippen LogP contribution in [0.5, 0.6) is 5.88 Å². The van der Waals surface area contributed by atoms with Crippen molar-refractivity contribution in [2.45, 2.75) is 11.8 Å². The van der Waals surface area contributed by atoms with Crippen molar-refractivity contribution in [2.75, 3.05) is 57.6 Å². The van der Waals surface area contributed by atoms with Crippen LogP contribution in [0.3, 0.4) is 0 Å². The first-order chi connectivity index (χ1) is 17.8. The molecule has 0 saturated carbocycles. The number of fused-ring (bicyclic) bond motifs is 1. The van der Waals surface area contributed by atoms with Gasteiger partial charge in [0.1, 0.15) is 4.90 Å². The molecule has 0 unspecified atom stereocenters. The first-order valence-corrected chi connectivity index (χ1v) is 13.5. The van der Waals surface area contributed by atoms with Crippen LogP contribution in [0.25, 0.3) is 27.8 Å². The van der Waals surface area contributed by atoms with Crippen LogP contribution < -0.4 is 15.4 Å². The number of nitrogens with zero attached hydrogens (tertiary/aromatic N) is 5. The van der Waals surface area contributed by atoms with E-state index < -0.39 is 10.0 Å². The van der Waals surface area contributed by atoms with Gasteiger partial charge >= 0.3 is 0 Å². The fraction of sp³-hybridized carbons (Fsp3) is 0.308. The summed E-state index contributed by atoms with van der Waals surface area (Å²) in [6.07, 6.45) is 1.61. The summed E-state index contributed by atoms with van der Waals surface area (Å²) in [6.45, 7) is 5.26. The summed E-state index contributed by atoms with van der Waals surface area (Å²) in [5.41, 5.74) is 11.3. The van der Waals surface area contributed by atoms with Gasteiger partial charge in [0.05, 0.1) is 30.9 Å². The van der Waals surface area contributed by atoms with Gasteiger partial charge in [-0.15, -0.1) is 0 Å². The molecule has 11 heteroatoms. The van der Waals surface area contributed by atoms with E-state index in [-0.39, 0.29) is 10.8 Å². The quantitative estimate of drug-likeness (QED) is 0.394. The highest BCUT2D eigenvalue weighted by Crippen LogP contribution is 2.32. The highest BCUT2D eigenvalue weighted by Gasteiger charge is 2.25. The Kier molecular flexibility index (Phi) is 6.76. The van der Waals surface area contributed by atoms with Crippen LogP contribution in [0.1, 0.15) is 6.92 Å². The Morgan fingerprint density at radius 1 is 1.03 bits per heavy atom. The molecule has 0 radical (unpaired) electrons. The number of sulfonamides is 1. The van der Waals surface area contributed by atoms with Crippen molar-refractivity contribution in [1.29, 1.82) is 0 Å². The third kappa shape index (κ3) is 4.73. The summed E-state index contributed by atoms with van der Waals surface area (Å²) in [5.74, 6) is 0.447. The van der Waals surface area contributed by atoms with Crippen molar-refractivity contribution in [2.24, 2.45) is 0 Å². The van der Waals surface area contributed by atoms with Crippen LogP contribution in [0.2, 0.25) is 0 Å². The number of ether oxygens (including phenoxy) is 2. The maximum atomic E-state index is 13.0. The molecule has 1 fully saturated rings. The van der Waals surface area contributed by atoms with Crippen LogP contribution in [0, 0.1) is 0 Å². The number of pyridine rings is 1. The molecule has 0 amide bonds. The minimum Gasteiger partial charge on any atom is -0.477 e. The van der Waals surface area contributed by atoms with Gasteiger partial charge in [-0.25, -0.2) is 22.7 Å². The van der Waals surface area contributed by atoms with E-state index >= 15 is 0 Å². The molecule has 2 aromatic heterocycles. The average molecular weight is 523 g/mol. The molecule has 2 N–H and O–H groups in total. The highest BCUT2D eigenvalue weighted by molar-refractivity contribution is 7.89. The van der Waals surface area contributed by atoms with Crippen molar-refractivity contribution in [3.8, 4) is 22.7 Å². The zero-order valence-corrected chi connectivity index (χ0v) is 21.9. The summed E-state index contributed by atoms with van der Waals surface area (Å²) >= 11 is 0. The Balaban J connectivity index is 1.56. The summed E-state index contributed by atoms with van der Waals surface area (Å²) in [6, 6.07) is 15.5. The van der Waals surface area contributed by atoms with Gasteiger partial charge in [-0.05, 0) is 55.0 Å². The summed E-state index contributed by atoms with van der Waals surface area (Å²) < 4.78 is 39.9. The third-order valence-electron chi connectivity index (χ3n) is 6.36. The van der Waals surface area contributed by atoms with Gasteiger partial charge in [-0.2, -0.15) is 0 Å². The van der Waals surface area contributed by atoms with Gasteiger partial charge in [0.2, 0.25) is 21.9 Å². The maximum absolute atomic E-state index is 13.0. The normalized spacial score (nSPS) is 14.4. The highest BCUT2D eigenvalue weighted by atomic mass is 32.2. The number of aromatic nitrogens is 3. The summed E-state index contributed by atoms with van der Waals surface area (Å²) in [7, 11) is -0.804. The molecule has 3 heterocycles. The maximum Gasteiger partial charge on any atom is 0.247 e. The number of rotatable bonds is 7. The van der Waals surface area contributed by atoms with Gasteiger partial charge in [0.25, 0.3) is 0 Å². The number of benzene rings is 2. The van der Waals surface area contributed by atoms with Crippen LogP contribution in [0.4, 0.5) is 11.6 Å². The monoisotopic (exact) mass is 522 g/mol. The molecule has 0 bridgehead atoms. The summed E-state index contributed by atoms with van der Waals surface area (Å²) in [5, 5.41) is 0. The number of nitrogens with two attached hydrogens (primary N) is 1. The van der Waals surface area contributed by atoms with Crippen molar-refractivity contribution in [1.82, 2.24) is 18.8 Å². The van der Waals surface area contributed by atoms with Gasteiger partial charge in [-0.3, -0.25) is 4.57 Å². The Bertz CT molecular complexity index is 1530. The van der Waals surface area contributed by atoms with Crippen LogP contribution >= 0.6 is 0 Å². The fourth-order valence-corrected chi connectivity index (χ4v) is 5.40. The number of hydrogen-bond acceptors (Lipinski definition) is 8. The van der Waals surface area contributed by atoms with Crippen LogP contribution in [-0.4, -0.2) is 74.3 Å². The van der Waals surface area contributed by atoms with Crippen LogP contribution in [0.15, 0.2) is 59.6 Å². The number of imidazole rings is 1. The molecular weight excluding hydrogens is 492 g/mol. The summed E-state index contributed by atoms with van der Waals surface area (Å²) in [4.78, 5) is 11.2. The molecule has 0 atom stereocenters. The first kappa shape index (κ1) is 25.0. The van der Waals surface area contributed by atoms with E-state index in [1.807, 2.05) is 34.9 Å². The lowest BCUT2D eigenvalue weighted by Crippen LogP contribution is -2.36. The zero-order chi connectivity index (χ0) is 26.2. The van der Waals surface area contributed by atoms with Crippen molar-refractivity contribution < 1.29 is 17.9 Å². The Morgan fingerprint density at radius 2 is 1.73 bits per heavy atom. The van der Waals surface area contributed by atoms with Crippen LogP contribution in [-0.2, 0) is 14.8 Å². The Hall–Kier alpha value is -3.67. The lowest BCUT2D eigenvalue weighted by atomic mass is 10.1. The van der Waals surface area contributed by atoms with E-state index in [1.54, 1.807) is 19.2 Å². The van der Waals surface area contributed by atoms with Gasteiger partial charge < -0.3 is 20.1 Å². The zero-order valence-electron chi connectivity index (χ0n) is 21.1. The minimum atomic E-state index is -3.77. The predicted octanol–water partition coefficient (Wildman–Crippen LogP) is 3.16. The molecule has 1 aliphatic heterocycles. The van der Waals surface area contributed by atoms with Crippen molar-refractivity contribution in [3.05, 3.63) is 54.7 Å². The third-order valence-corrected chi connectivity index (χ3v) is 8.17. The molecule has 1 saturated heterocycles. The van der Waals surface area contributed by atoms with E-state index in [0.717, 1.165) is 58.6 Å². The van der Waals surface area contributed by atoms with E-state index in [1.165, 1.54) is 14.1 Å². The number of morpholine rings is 1. The lowest BCUT2D eigenvalue weighted by molar-refractivity contribution is 0.122. The van der Waals surface area contributed by atoms with Crippen molar-refractivity contribution in [3.63, 3.8) is 0 Å². The molecule has 5 rings (SSSR count). The minimum absolute atomic E-state index is 0.0173. The molecule has 4 aromatic rings. The molecule has 2 aromatic carbocycles. The van der Waals surface area contributed by atoms with Crippen molar-refractivity contribution >= 4 is 32.7 Å². The van der Waals surface area contributed by atoms with E-state index in [4.69, 9.17) is 15.2 Å². The molecule has 10 nitrogen and oxygen atoms in total. The number of anilines is 2. The largest absolute Gasteiger partial charge is 0.477 e. The molecule has 37 heavy (non-hydrogen) atoms. The Morgan fingerprint density at radius 3 is 2.41 bits per heavy atom. The van der Waals surface area contributed by atoms with Gasteiger partial charge in [-0.1, -0.05) is 6.07 Å². The second-order valence-electron chi connectivity index (χ2n) is 8.87. The second kappa shape index (κ2) is 10.0. The smallest absolute Gasteiger partial charge is 0.247 e. The molecule has 0 aliphatic carbocycles. The van der Waals surface area contributed by atoms with E-state index in [0.29, 0.717) is 18.1 Å². The van der Waals surface area contributed by atoms with Gasteiger partial charge in [0.15, 0.2) is 0 Å². The molecule has 194 valence electrons. The standard InChI is InChI=1S/C26H30N6O4S/c1-4-36-25-24(37(33,34)30(2)3)16-19(17-28-25)18-5-10-22-23(15-18)32(26(27)29-22)21-8-6-20(7-9-21)31-11-13-35-14-12-31/h5-10,15-17H,4,11-14H2,1-3H3,(H2,27,29). The molecular formula is C26H30N6O4S. The lowest BCUT2D eigenvalue weighted by Gasteiger charge is -2.29. The molecule has 1 aliphatic rings. The van der Waals surface area contributed by atoms with Gasteiger partial charge in [0, 0.05) is 50.3 Å². The van der Waals surface area contributed by atoms with E-state index in [2.05, 4.69) is 27.0 Å². The Labute approximate surface area is 216 Å². The van der Waals surface area contributed by atoms with E-state index in [9.17, 15) is 8.42 Å². The molecule has 0 spiro atoms. The topological polar surface area (TPSA) is 116 Å². The fourth-order valence-electron chi connectivity index (χ4n) is 4.40. The first-order valence-electron chi connectivity index (χ1n) is 12.1. The SMILES string of the molecule is CCOc1ncc(-c2ccc3nc(N)n(-c4ccc(N5CCOCC5)cc4)c3c2)cc1S(=O)(=O)N(C)C. The predicted molar refractivity (Wildman–Crippen MR) is 144 cm³/mol. The average Bonchev–Trinajstić information content (AvgIpc) is 3.24. The second-order valence-corrected chi connectivity index (χ2v) is 11.0.